The number of nitro groups is 1. The Morgan fingerprint density at radius 3 is 2.41 bits per heavy atom. The van der Waals surface area contributed by atoms with Crippen molar-refractivity contribution in [1.29, 1.82) is 0 Å². The highest BCUT2D eigenvalue weighted by molar-refractivity contribution is 6.33. The van der Waals surface area contributed by atoms with Gasteiger partial charge in [0, 0.05) is 42.4 Å². The Hall–Kier alpha value is -2.42. The van der Waals surface area contributed by atoms with Crippen LogP contribution in [0.1, 0.15) is 11.1 Å². The molecule has 0 saturated carbocycles. The number of nitro benzene ring substituents is 1. The van der Waals surface area contributed by atoms with Gasteiger partial charge in [-0.15, -0.1) is 12.4 Å². The Bertz CT molecular complexity index is 1130. The molecule has 0 aliphatic rings. The number of non-ortho nitro benzene ring substituents is 1. The van der Waals surface area contributed by atoms with Gasteiger partial charge < -0.3 is 20.1 Å². The van der Waals surface area contributed by atoms with Crippen molar-refractivity contribution in [3.8, 4) is 11.5 Å². The molecule has 0 bridgehead atoms. The van der Waals surface area contributed by atoms with Crippen LogP contribution in [0.2, 0.25) is 15.1 Å². The van der Waals surface area contributed by atoms with Crippen LogP contribution in [0.5, 0.6) is 11.5 Å². The molecule has 0 saturated heterocycles. The molecule has 0 spiro atoms. The van der Waals surface area contributed by atoms with Crippen molar-refractivity contribution in [1.82, 2.24) is 5.32 Å². The zero-order valence-electron chi connectivity index (χ0n) is 18.1. The Kier molecular flexibility index (Phi) is 11.0. The summed E-state index contributed by atoms with van der Waals surface area (Å²) in [5.74, 6) is 0.986. The molecule has 0 aliphatic heterocycles. The van der Waals surface area contributed by atoms with Gasteiger partial charge in [0.2, 0.25) is 0 Å². The average Bonchev–Trinajstić information content (AvgIpc) is 2.79. The standard InChI is InChI=1S/C23H22Cl3N3O4.ClH/c1-32-22-11-15(10-20(26)23(22)33-14-16-4-2-3-5-18(16)24)13-27-8-9-28-21-7-6-17(29(30)31)12-19(21)25;/h2-7,10-12,27-28H,8-9,13-14H2,1H3;1H. The first-order valence-corrected chi connectivity index (χ1v) is 11.1. The first-order chi connectivity index (χ1) is 15.9. The molecule has 2 N–H and O–H groups in total. The molecule has 0 radical (unpaired) electrons. The Morgan fingerprint density at radius 1 is 0.971 bits per heavy atom. The lowest BCUT2D eigenvalue weighted by atomic mass is 10.2. The van der Waals surface area contributed by atoms with Crippen molar-refractivity contribution in [2.24, 2.45) is 0 Å². The molecule has 182 valence electrons. The van der Waals surface area contributed by atoms with Gasteiger partial charge in [0.25, 0.3) is 5.69 Å². The van der Waals surface area contributed by atoms with E-state index in [0.717, 1.165) is 11.1 Å². The number of halogens is 4. The van der Waals surface area contributed by atoms with Crippen LogP contribution in [0.4, 0.5) is 11.4 Å². The van der Waals surface area contributed by atoms with Crippen LogP contribution in [0.3, 0.4) is 0 Å². The molecule has 3 aromatic carbocycles. The van der Waals surface area contributed by atoms with E-state index in [4.69, 9.17) is 44.3 Å². The quantitative estimate of drug-likeness (QED) is 0.157. The zero-order chi connectivity index (χ0) is 23.8. The lowest BCUT2D eigenvalue weighted by molar-refractivity contribution is -0.384. The van der Waals surface area contributed by atoms with Crippen LogP contribution in [0, 0.1) is 10.1 Å². The van der Waals surface area contributed by atoms with Crippen LogP contribution in [-0.4, -0.2) is 25.1 Å². The monoisotopic (exact) mass is 545 g/mol. The zero-order valence-corrected chi connectivity index (χ0v) is 21.2. The van der Waals surface area contributed by atoms with Crippen LogP contribution >= 0.6 is 47.2 Å². The molecule has 0 atom stereocenters. The summed E-state index contributed by atoms with van der Waals surface area (Å²) in [6.45, 7) is 2.01. The van der Waals surface area contributed by atoms with Gasteiger partial charge >= 0.3 is 0 Å². The van der Waals surface area contributed by atoms with E-state index in [-0.39, 0.29) is 24.7 Å². The predicted molar refractivity (Wildman–Crippen MR) is 139 cm³/mol. The minimum Gasteiger partial charge on any atom is -0.493 e. The summed E-state index contributed by atoms with van der Waals surface area (Å²) >= 11 is 18.7. The third-order valence-electron chi connectivity index (χ3n) is 4.73. The van der Waals surface area contributed by atoms with E-state index in [2.05, 4.69) is 10.6 Å². The van der Waals surface area contributed by atoms with Gasteiger partial charge in [-0.2, -0.15) is 0 Å². The van der Waals surface area contributed by atoms with Crippen molar-refractivity contribution in [2.75, 3.05) is 25.5 Å². The SMILES string of the molecule is COc1cc(CNCCNc2ccc([N+](=O)[O-])cc2Cl)cc(Cl)c1OCc1ccccc1Cl.Cl. The third kappa shape index (κ3) is 7.55. The summed E-state index contributed by atoms with van der Waals surface area (Å²) < 4.78 is 11.3. The predicted octanol–water partition coefficient (Wildman–Crippen LogP) is 6.77. The van der Waals surface area contributed by atoms with Crippen molar-refractivity contribution >= 4 is 58.6 Å². The minimum atomic E-state index is -0.482. The van der Waals surface area contributed by atoms with E-state index >= 15 is 0 Å². The second kappa shape index (κ2) is 13.5. The van der Waals surface area contributed by atoms with E-state index < -0.39 is 4.92 Å². The molecule has 0 amide bonds. The molecule has 0 unspecified atom stereocenters. The summed E-state index contributed by atoms with van der Waals surface area (Å²) in [5.41, 5.74) is 2.36. The lowest BCUT2D eigenvalue weighted by Crippen LogP contribution is -2.22. The summed E-state index contributed by atoms with van der Waals surface area (Å²) in [7, 11) is 1.56. The largest absolute Gasteiger partial charge is 0.493 e. The molecule has 3 rings (SSSR count). The number of methoxy groups -OCH3 is 1. The van der Waals surface area contributed by atoms with Gasteiger partial charge in [0.15, 0.2) is 11.5 Å². The Morgan fingerprint density at radius 2 is 1.74 bits per heavy atom. The number of ether oxygens (including phenoxy) is 2. The van der Waals surface area contributed by atoms with Gasteiger partial charge in [0.1, 0.15) is 6.61 Å². The fraction of sp³-hybridized carbons (Fsp3) is 0.217. The first kappa shape index (κ1) is 27.8. The van der Waals surface area contributed by atoms with Crippen molar-refractivity contribution in [2.45, 2.75) is 13.2 Å². The Labute approximate surface area is 218 Å². The first-order valence-electron chi connectivity index (χ1n) is 10.00. The van der Waals surface area contributed by atoms with Crippen LogP contribution in [0.25, 0.3) is 0 Å². The fourth-order valence-corrected chi connectivity index (χ4v) is 3.78. The molecular weight excluding hydrogens is 524 g/mol. The van der Waals surface area contributed by atoms with Gasteiger partial charge in [-0.1, -0.05) is 53.0 Å². The van der Waals surface area contributed by atoms with Crippen molar-refractivity contribution < 1.29 is 14.4 Å². The maximum atomic E-state index is 10.8. The van der Waals surface area contributed by atoms with E-state index in [1.165, 1.54) is 12.1 Å². The molecule has 0 aliphatic carbocycles. The molecule has 3 aromatic rings. The summed E-state index contributed by atoms with van der Waals surface area (Å²) in [5, 5.41) is 18.6. The molecule has 0 heterocycles. The third-order valence-corrected chi connectivity index (χ3v) is 5.69. The average molecular weight is 547 g/mol. The number of hydrogen-bond donors (Lipinski definition) is 2. The van der Waals surface area contributed by atoms with E-state index in [1.807, 2.05) is 30.3 Å². The summed E-state index contributed by atoms with van der Waals surface area (Å²) in [6.07, 6.45) is 0. The molecule has 7 nitrogen and oxygen atoms in total. The van der Waals surface area contributed by atoms with E-state index in [9.17, 15) is 10.1 Å². The van der Waals surface area contributed by atoms with Crippen LogP contribution in [-0.2, 0) is 13.2 Å². The molecule has 0 fully saturated rings. The molecule has 0 aromatic heterocycles. The number of benzene rings is 3. The number of nitrogens with zero attached hydrogens (tertiary/aromatic N) is 1. The summed E-state index contributed by atoms with van der Waals surface area (Å²) in [4.78, 5) is 10.3. The number of hydrogen-bond acceptors (Lipinski definition) is 6. The van der Waals surface area contributed by atoms with E-state index in [0.29, 0.717) is 51.9 Å². The van der Waals surface area contributed by atoms with Gasteiger partial charge in [-0.25, -0.2) is 0 Å². The maximum absolute atomic E-state index is 10.8. The van der Waals surface area contributed by atoms with Gasteiger partial charge in [-0.05, 0) is 29.8 Å². The fourth-order valence-electron chi connectivity index (χ4n) is 3.06. The summed E-state index contributed by atoms with van der Waals surface area (Å²) in [6, 6.07) is 15.4. The molecule has 11 heteroatoms. The second-order valence-electron chi connectivity index (χ2n) is 7.01. The van der Waals surface area contributed by atoms with Crippen molar-refractivity contribution in [3.63, 3.8) is 0 Å². The van der Waals surface area contributed by atoms with E-state index in [1.54, 1.807) is 19.2 Å². The number of nitrogens with one attached hydrogen (secondary N) is 2. The second-order valence-corrected chi connectivity index (χ2v) is 8.24. The lowest BCUT2D eigenvalue weighted by Gasteiger charge is -2.15. The number of anilines is 1. The maximum Gasteiger partial charge on any atom is 0.271 e. The topological polar surface area (TPSA) is 85.7 Å². The number of rotatable bonds is 11. The highest BCUT2D eigenvalue weighted by Crippen LogP contribution is 2.37. The minimum absolute atomic E-state index is 0. The van der Waals surface area contributed by atoms with Gasteiger partial charge in [-0.3, -0.25) is 10.1 Å². The van der Waals surface area contributed by atoms with Crippen molar-refractivity contribution in [3.05, 3.63) is 90.9 Å². The normalized spacial score (nSPS) is 10.4. The highest BCUT2D eigenvalue weighted by atomic mass is 35.5. The molecular formula is C23H23Cl4N3O4. The van der Waals surface area contributed by atoms with Gasteiger partial charge in [0.05, 0.1) is 27.8 Å². The van der Waals surface area contributed by atoms with Crippen LogP contribution in [0.15, 0.2) is 54.6 Å². The highest BCUT2D eigenvalue weighted by Gasteiger charge is 2.13. The molecule has 34 heavy (non-hydrogen) atoms. The Balaban J connectivity index is 0.00000408. The smallest absolute Gasteiger partial charge is 0.271 e. The van der Waals surface area contributed by atoms with Crippen LogP contribution < -0.4 is 20.1 Å².